The molecule has 1 aromatic carbocycles. The first-order valence-corrected chi connectivity index (χ1v) is 7.12. The fourth-order valence-corrected chi connectivity index (χ4v) is 2.41. The third kappa shape index (κ3) is 4.24. The number of thiophene rings is 1. The standard InChI is InChI=1S/C14H14F2N2O2S/c15-10-4-1-5-11(16)13(10)12(19)8-18-14(20)17-7-9-3-2-6-21-9/h1-6,12,19H,7-8H2,(H2,17,18,20). The molecule has 2 aromatic rings. The number of halogens is 2. The lowest BCUT2D eigenvalue weighted by molar-refractivity contribution is 0.164. The SMILES string of the molecule is O=C(NCc1cccs1)NCC(O)c1c(F)cccc1F. The third-order valence-corrected chi connectivity index (χ3v) is 3.67. The van der Waals surface area contributed by atoms with E-state index in [-0.39, 0.29) is 6.54 Å². The van der Waals surface area contributed by atoms with E-state index in [0.29, 0.717) is 6.54 Å². The second-order valence-electron chi connectivity index (χ2n) is 4.29. The van der Waals surface area contributed by atoms with Crippen molar-refractivity contribution in [1.29, 1.82) is 0 Å². The average Bonchev–Trinajstić information content (AvgIpc) is 2.96. The number of amides is 2. The fraction of sp³-hybridized carbons (Fsp3) is 0.214. The lowest BCUT2D eigenvalue weighted by atomic mass is 10.1. The molecule has 1 heterocycles. The number of aliphatic hydroxyl groups excluding tert-OH is 1. The average molecular weight is 312 g/mol. The van der Waals surface area contributed by atoms with Crippen molar-refractivity contribution in [2.24, 2.45) is 0 Å². The summed E-state index contributed by atoms with van der Waals surface area (Å²) in [5.74, 6) is -1.69. The number of hydrogen-bond donors (Lipinski definition) is 3. The van der Waals surface area contributed by atoms with Crippen LogP contribution in [0.15, 0.2) is 35.7 Å². The van der Waals surface area contributed by atoms with Crippen molar-refractivity contribution in [3.05, 3.63) is 57.8 Å². The van der Waals surface area contributed by atoms with Gasteiger partial charge in [0.15, 0.2) is 0 Å². The van der Waals surface area contributed by atoms with Crippen LogP contribution < -0.4 is 10.6 Å². The van der Waals surface area contributed by atoms with Gasteiger partial charge in [-0.1, -0.05) is 12.1 Å². The van der Waals surface area contributed by atoms with E-state index in [1.54, 1.807) is 0 Å². The summed E-state index contributed by atoms with van der Waals surface area (Å²) in [6, 6.07) is 6.54. The Morgan fingerprint density at radius 2 is 1.90 bits per heavy atom. The van der Waals surface area contributed by atoms with Crippen molar-refractivity contribution in [3.63, 3.8) is 0 Å². The first-order valence-electron chi connectivity index (χ1n) is 6.24. The van der Waals surface area contributed by atoms with E-state index in [4.69, 9.17) is 0 Å². The van der Waals surface area contributed by atoms with E-state index in [1.807, 2.05) is 17.5 Å². The minimum Gasteiger partial charge on any atom is -0.386 e. The van der Waals surface area contributed by atoms with Gasteiger partial charge in [0.05, 0.1) is 12.1 Å². The molecule has 0 spiro atoms. The largest absolute Gasteiger partial charge is 0.386 e. The molecule has 0 aliphatic carbocycles. The summed E-state index contributed by atoms with van der Waals surface area (Å²) in [6.07, 6.45) is -1.45. The van der Waals surface area contributed by atoms with Gasteiger partial charge in [-0.05, 0) is 23.6 Å². The molecular weight excluding hydrogens is 298 g/mol. The number of benzene rings is 1. The first kappa shape index (κ1) is 15.4. The van der Waals surface area contributed by atoms with Gasteiger partial charge in [-0.15, -0.1) is 11.3 Å². The van der Waals surface area contributed by atoms with Gasteiger partial charge in [0.2, 0.25) is 0 Å². The topological polar surface area (TPSA) is 61.4 Å². The number of urea groups is 1. The van der Waals surface area contributed by atoms with Crippen molar-refractivity contribution in [2.45, 2.75) is 12.6 Å². The van der Waals surface area contributed by atoms with Gasteiger partial charge in [0.25, 0.3) is 0 Å². The summed E-state index contributed by atoms with van der Waals surface area (Å²) >= 11 is 1.50. The van der Waals surface area contributed by atoms with Crippen LogP contribution in [0.25, 0.3) is 0 Å². The normalized spacial score (nSPS) is 12.0. The Morgan fingerprint density at radius 3 is 2.52 bits per heavy atom. The summed E-state index contributed by atoms with van der Waals surface area (Å²) in [6.45, 7) is 0.0712. The molecule has 0 radical (unpaired) electrons. The zero-order valence-corrected chi connectivity index (χ0v) is 11.8. The van der Waals surface area contributed by atoms with Gasteiger partial charge in [0.1, 0.15) is 17.7 Å². The number of hydrogen-bond acceptors (Lipinski definition) is 3. The maximum absolute atomic E-state index is 13.4. The van der Waals surface area contributed by atoms with Gasteiger partial charge >= 0.3 is 6.03 Å². The van der Waals surface area contributed by atoms with Gasteiger partial charge in [0, 0.05) is 11.4 Å². The quantitative estimate of drug-likeness (QED) is 0.794. The number of rotatable bonds is 5. The highest BCUT2D eigenvalue weighted by atomic mass is 32.1. The van der Waals surface area contributed by atoms with Crippen LogP contribution in [0.2, 0.25) is 0 Å². The van der Waals surface area contributed by atoms with E-state index in [2.05, 4.69) is 10.6 Å². The minimum atomic E-state index is -1.45. The van der Waals surface area contributed by atoms with Crippen molar-refractivity contribution in [2.75, 3.05) is 6.54 Å². The van der Waals surface area contributed by atoms with Crippen LogP contribution in [-0.2, 0) is 6.54 Å². The van der Waals surface area contributed by atoms with E-state index in [9.17, 15) is 18.7 Å². The summed E-state index contributed by atoms with van der Waals surface area (Å²) < 4.78 is 26.9. The lowest BCUT2D eigenvalue weighted by Crippen LogP contribution is -2.37. The van der Waals surface area contributed by atoms with E-state index in [0.717, 1.165) is 17.0 Å². The number of carbonyl (C=O) groups excluding carboxylic acids is 1. The third-order valence-electron chi connectivity index (χ3n) is 2.79. The van der Waals surface area contributed by atoms with Gasteiger partial charge in [-0.3, -0.25) is 0 Å². The molecule has 0 fully saturated rings. The van der Waals surface area contributed by atoms with Crippen molar-refractivity contribution in [3.8, 4) is 0 Å². The van der Waals surface area contributed by atoms with Crippen molar-refractivity contribution in [1.82, 2.24) is 10.6 Å². The molecule has 1 unspecified atom stereocenters. The van der Waals surface area contributed by atoms with Crippen LogP contribution in [0.3, 0.4) is 0 Å². The molecule has 0 aliphatic rings. The van der Waals surface area contributed by atoms with E-state index < -0.39 is 29.3 Å². The van der Waals surface area contributed by atoms with Crippen molar-refractivity contribution < 1.29 is 18.7 Å². The molecule has 2 amide bonds. The van der Waals surface area contributed by atoms with Crippen LogP contribution in [0.4, 0.5) is 13.6 Å². The molecule has 0 bridgehead atoms. The zero-order chi connectivity index (χ0) is 15.2. The molecule has 1 aromatic heterocycles. The lowest BCUT2D eigenvalue weighted by Gasteiger charge is -2.14. The molecule has 1 atom stereocenters. The monoisotopic (exact) mass is 312 g/mol. The van der Waals surface area contributed by atoms with Gasteiger partial charge in [-0.2, -0.15) is 0 Å². The van der Waals surface area contributed by atoms with Crippen LogP contribution in [0.1, 0.15) is 16.5 Å². The first-order chi connectivity index (χ1) is 10.1. The Hall–Kier alpha value is -1.99. The summed E-state index contributed by atoms with van der Waals surface area (Å²) in [7, 11) is 0. The smallest absolute Gasteiger partial charge is 0.315 e. The predicted molar refractivity (Wildman–Crippen MR) is 75.9 cm³/mol. The van der Waals surface area contributed by atoms with Crippen LogP contribution in [0.5, 0.6) is 0 Å². The minimum absolute atomic E-state index is 0.284. The Balaban J connectivity index is 1.83. The molecule has 0 saturated heterocycles. The molecule has 2 rings (SSSR count). The molecular formula is C14H14F2N2O2S. The summed E-state index contributed by atoms with van der Waals surface area (Å²) in [4.78, 5) is 12.5. The molecule has 112 valence electrons. The predicted octanol–water partition coefficient (Wildman–Crippen LogP) is 2.56. The Morgan fingerprint density at radius 1 is 1.19 bits per heavy atom. The zero-order valence-electron chi connectivity index (χ0n) is 11.0. The molecule has 21 heavy (non-hydrogen) atoms. The molecule has 0 saturated carbocycles. The number of carbonyl (C=O) groups is 1. The van der Waals surface area contributed by atoms with Crippen LogP contribution >= 0.6 is 11.3 Å². The number of aliphatic hydroxyl groups is 1. The highest BCUT2D eigenvalue weighted by Gasteiger charge is 2.18. The van der Waals surface area contributed by atoms with Crippen LogP contribution in [0, 0.1) is 11.6 Å². The Bertz CT molecular complexity index is 585. The molecule has 0 aliphatic heterocycles. The summed E-state index contributed by atoms with van der Waals surface area (Å²) in [5, 5.41) is 16.6. The van der Waals surface area contributed by atoms with E-state index in [1.165, 1.54) is 17.4 Å². The Kier molecular flexibility index (Phi) is 5.24. The highest BCUT2D eigenvalue weighted by molar-refractivity contribution is 7.09. The van der Waals surface area contributed by atoms with Gasteiger partial charge < -0.3 is 15.7 Å². The molecule has 7 heteroatoms. The maximum atomic E-state index is 13.4. The van der Waals surface area contributed by atoms with Crippen molar-refractivity contribution >= 4 is 17.4 Å². The molecule has 4 nitrogen and oxygen atoms in total. The van der Waals surface area contributed by atoms with Crippen LogP contribution in [-0.4, -0.2) is 17.7 Å². The Labute approximate surface area is 124 Å². The number of nitrogens with one attached hydrogen (secondary N) is 2. The highest BCUT2D eigenvalue weighted by Crippen LogP contribution is 2.19. The second kappa shape index (κ2) is 7.14. The summed E-state index contributed by atoms with van der Waals surface area (Å²) in [5.41, 5.74) is -0.448. The van der Waals surface area contributed by atoms with E-state index >= 15 is 0 Å². The maximum Gasteiger partial charge on any atom is 0.315 e. The molecule has 3 N–H and O–H groups in total. The second-order valence-corrected chi connectivity index (χ2v) is 5.33. The fourth-order valence-electron chi connectivity index (χ4n) is 1.76. The van der Waals surface area contributed by atoms with Gasteiger partial charge in [-0.25, -0.2) is 13.6 Å².